The Balaban J connectivity index is 2.35. The highest BCUT2D eigenvalue weighted by Gasteiger charge is 2.46. The van der Waals surface area contributed by atoms with Gasteiger partial charge in [-0.05, 0) is 24.3 Å². The van der Waals surface area contributed by atoms with Crippen molar-refractivity contribution in [3.05, 3.63) is 30.1 Å². The van der Waals surface area contributed by atoms with Crippen molar-refractivity contribution in [2.24, 2.45) is 0 Å². The van der Waals surface area contributed by atoms with Crippen molar-refractivity contribution in [1.29, 1.82) is 0 Å². The Morgan fingerprint density at radius 3 is 1.78 bits per heavy atom. The molecule has 0 amide bonds. The van der Waals surface area contributed by atoms with Gasteiger partial charge in [0, 0.05) is 5.69 Å². The van der Waals surface area contributed by atoms with Gasteiger partial charge in [0.2, 0.25) is 0 Å². The molecule has 1 aromatic carbocycles. The summed E-state index contributed by atoms with van der Waals surface area (Å²) < 4.78 is 12.9. The van der Waals surface area contributed by atoms with E-state index in [0.717, 1.165) is 0 Å². The first-order valence-corrected chi connectivity index (χ1v) is 5.72. The highest BCUT2D eigenvalue weighted by atomic mass is 19.1. The van der Waals surface area contributed by atoms with E-state index < -0.39 is 30.1 Å². The fourth-order valence-corrected chi connectivity index (χ4v) is 2.42. The van der Waals surface area contributed by atoms with E-state index in [0.29, 0.717) is 5.69 Å². The Morgan fingerprint density at radius 1 is 0.944 bits per heavy atom. The molecule has 0 bridgehead atoms. The van der Waals surface area contributed by atoms with Crippen LogP contribution in [0.3, 0.4) is 0 Å². The van der Waals surface area contributed by atoms with E-state index in [-0.39, 0.29) is 13.2 Å². The molecule has 0 radical (unpaired) electrons. The predicted octanol–water partition coefficient (Wildman–Crippen LogP) is -0.911. The first-order valence-electron chi connectivity index (χ1n) is 5.72. The second-order valence-electron chi connectivity index (χ2n) is 4.36. The molecule has 1 heterocycles. The van der Waals surface area contributed by atoms with Gasteiger partial charge in [-0.3, -0.25) is 0 Å². The molecule has 0 spiro atoms. The molecule has 0 aliphatic carbocycles. The summed E-state index contributed by atoms with van der Waals surface area (Å²) in [6.07, 6.45) is -2.31. The van der Waals surface area contributed by atoms with Crippen LogP contribution in [0.1, 0.15) is 0 Å². The zero-order valence-electron chi connectivity index (χ0n) is 9.65. The maximum Gasteiger partial charge on any atom is 0.123 e. The zero-order valence-corrected chi connectivity index (χ0v) is 9.65. The van der Waals surface area contributed by atoms with Gasteiger partial charge in [0.15, 0.2) is 0 Å². The summed E-state index contributed by atoms with van der Waals surface area (Å²) in [5.74, 6) is -0.403. The summed E-state index contributed by atoms with van der Waals surface area (Å²) in [6, 6.07) is 4.01. The summed E-state index contributed by atoms with van der Waals surface area (Å²) in [6.45, 7) is -0.738. The van der Waals surface area contributed by atoms with Gasteiger partial charge in [-0.1, -0.05) is 0 Å². The quantitative estimate of drug-likeness (QED) is 0.563. The van der Waals surface area contributed by atoms with E-state index >= 15 is 0 Å². The van der Waals surface area contributed by atoms with Gasteiger partial charge < -0.3 is 25.3 Å². The number of benzene rings is 1. The van der Waals surface area contributed by atoms with Crippen molar-refractivity contribution in [2.75, 3.05) is 18.1 Å². The van der Waals surface area contributed by atoms with Gasteiger partial charge in [0.05, 0.1) is 25.3 Å². The largest absolute Gasteiger partial charge is 0.394 e. The lowest BCUT2D eigenvalue weighted by Gasteiger charge is -2.30. The maximum absolute atomic E-state index is 12.9. The number of aliphatic hydroxyl groups is 4. The predicted molar refractivity (Wildman–Crippen MR) is 62.6 cm³/mol. The molecule has 1 aliphatic rings. The average Bonchev–Trinajstić information content (AvgIpc) is 2.62. The van der Waals surface area contributed by atoms with E-state index in [1.807, 2.05) is 0 Å². The summed E-state index contributed by atoms with van der Waals surface area (Å²) in [4.78, 5) is 1.52. The summed E-state index contributed by atoms with van der Waals surface area (Å²) in [5, 5.41) is 38.2. The zero-order chi connectivity index (χ0) is 13.3. The van der Waals surface area contributed by atoms with Gasteiger partial charge in [-0.15, -0.1) is 0 Å². The molecule has 0 saturated carbocycles. The van der Waals surface area contributed by atoms with Crippen molar-refractivity contribution in [1.82, 2.24) is 0 Å². The average molecular weight is 257 g/mol. The van der Waals surface area contributed by atoms with E-state index in [1.54, 1.807) is 0 Å². The number of nitrogens with zero attached hydrogens (tertiary/aromatic N) is 1. The molecule has 100 valence electrons. The Kier molecular flexibility index (Phi) is 3.82. The second-order valence-corrected chi connectivity index (χ2v) is 4.36. The minimum atomic E-state index is -1.16. The number of halogens is 1. The third kappa shape index (κ3) is 2.08. The van der Waals surface area contributed by atoms with Gasteiger partial charge in [0.1, 0.15) is 18.0 Å². The Bertz CT molecular complexity index is 384. The fourth-order valence-electron chi connectivity index (χ4n) is 2.42. The lowest BCUT2D eigenvalue weighted by molar-refractivity contribution is 0.0130. The first-order chi connectivity index (χ1) is 8.60. The Labute approximate surface area is 104 Å². The van der Waals surface area contributed by atoms with Crippen LogP contribution in [-0.4, -0.2) is 57.9 Å². The molecule has 1 aliphatic heterocycles. The Hall–Kier alpha value is -1.21. The minimum absolute atomic E-state index is 0.369. The highest BCUT2D eigenvalue weighted by Crippen LogP contribution is 2.31. The molecule has 1 fully saturated rings. The highest BCUT2D eigenvalue weighted by molar-refractivity contribution is 5.51. The number of rotatable bonds is 3. The van der Waals surface area contributed by atoms with Crippen molar-refractivity contribution < 1.29 is 24.8 Å². The fraction of sp³-hybridized carbons (Fsp3) is 0.500. The van der Waals surface area contributed by atoms with Gasteiger partial charge in [-0.25, -0.2) is 4.39 Å². The van der Waals surface area contributed by atoms with Crippen LogP contribution in [0.15, 0.2) is 24.3 Å². The summed E-state index contributed by atoms with van der Waals surface area (Å²) in [7, 11) is 0. The summed E-state index contributed by atoms with van der Waals surface area (Å²) in [5.41, 5.74) is 0.533. The number of anilines is 1. The molecule has 1 aromatic rings. The normalized spacial score (nSPS) is 31.9. The van der Waals surface area contributed by atoms with Crippen molar-refractivity contribution in [2.45, 2.75) is 24.3 Å². The van der Waals surface area contributed by atoms with Gasteiger partial charge >= 0.3 is 0 Å². The van der Waals surface area contributed by atoms with Crippen LogP contribution in [0.2, 0.25) is 0 Å². The minimum Gasteiger partial charge on any atom is -0.394 e. The standard InChI is InChI=1S/C12H16FNO4/c13-7-1-3-8(4-2-7)14-9(5-15)11(17)12(18)10(14)6-16/h1-4,9-12,15-18H,5-6H2/t9-,10+,11-,12-/m1/s1. The third-order valence-electron chi connectivity index (χ3n) is 3.35. The third-order valence-corrected chi connectivity index (χ3v) is 3.35. The number of aliphatic hydroxyl groups excluding tert-OH is 4. The first kappa shape index (κ1) is 13.2. The van der Waals surface area contributed by atoms with Crippen LogP contribution in [0, 0.1) is 5.82 Å². The lowest BCUT2D eigenvalue weighted by Crippen LogP contribution is -2.43. The van der Waals surface area contributed by atoms with Crippen molar-refractivity contribution in [3.8, 4) is 0 Å². The van der Waals surface area contributed by atoms with Crippen LogP contribution in [-0.2, 0) is 0 Å². The molecule has 2 rings (SSSR count). The van der Waals surface area contributed by atoms with E-state index in [4.69, 9.17) is 0 Å². The van der Waals surface area contributed by atoms with Crippen molar-refractivity contribution in [3.63, 3.8) is 0 Å². The molecule has 4 atom stereocenters. The molecular formula is C12H16FNO4. The molecule has 1 saturated heterocycles. The molecule has 18 heavy (non-hydrogen) atoms. The van der Waals surface area contributed by atoms with Crippen LogP contribution < -0.4 is 4.90 Å². The van der Waals surface area contributed by atoms with Crippen LogP contribution in [0.25, 0.3) is 0 Å². The van der Waals surface area contributed by atoms with E-state index in [2.05, 4.69) is 0 Å². The van der Waals surface area contributed by atoms with Crippen LogP contribution in [0.5, 0.6) is 0 Å². The lowest BCUT2D eigenvalue weighted by atomic mass is 10.1. The Morgan fingerprint density at radius 2 is 1.39 bits per heavy atom. The maximum atomic E-state index is 12.9. The molecule has 4 N–H and O–H groups in total. The van der Waals surface area contributed by atoms with E-state index in [1.165, 1.54) is 29.2 Å². The van der Waals surface area contributed by atoms with Crippen LogP contribution in [0.4, 0.5) is 10.1 Å². The molecular weight excluding hydrogens is 241 g/mol. The molecule has 0 unspecified atom stereocenters. The number of hydrogen-bond acceptors (Lipinski definition) is 5. The second kappa shape index (κ2) is 5.19. The summed E-state index contributed by atoms with van der Waals surface area (Å²) >= 11 is 0. The van der Waals surface area contributed by atoms with Gasteiger partial charge in [0.25, 0.3) is 0 Å². The molecule has 5 nitrogen and oxygen atoms in total. The smallest absolute Gasteiger partial charge is 0.123 e. The van der Waals surface area contributed by atoms with Gasteiger partial charge in [-0.2, -0.15) is 0 Å². The SMILES string of the molecule is OC[C@@H]1[C@@H](O)[C@H](O)[C@H](CO)N1c1ccc(F)cc1. The number of hydrogen-bond donors (Lipinski definition) is 4. The molecule has 6 heteroatoms. The van der Waals surface area contributed by atoms with Crippen molar-refractivity contribution >= 4 is 5.69 Å². The van der Waals surface area contributed by atoms with Crippen LogP contribution >= 0.6 is 0 Å². The monoisotopic (exact) mass is 257 g/mol. The van der Waals surface area contributed by atoms with E-state index in [9.17, 15) is 24.8 Å². The topological polar surface area (TPSA) is 84.2 Å². The molecule has 0 aromatic heterocycles.